The zero-order valence-corrected chi connectivity index (χ0v) is 12.8. The number of hydrogen-bond acceptors (Lipinski definition) is 1. The van der Waals surface area contributed by atoms with Crippen molar-refractivity contribution in [3.63, 3.8) is 0 Å². The summed E-state index contributed by atoms with van der Waals surface area (Å²) in [5, 5.41) is 4.06. The molecular formula is C17H19ClFN. The third-order valence-electron chi connectivity index (χ3n) is 3.57. The zero-order valence-electron chi connectivity index (χ0n) is 12.0. The van der Waals surface area contributed by atoms with Crippen LogP contribution in [-0.2, 0) is 6.42 Å². The molecule has 2 aromatic rings. The monoisotopic (exact) mass is 291 g/mol. The molecule has 106 valence electrons. The summed E-state index contributed by atoms with van der Waals surface area (Å²) in [5.74, 6) is -0.169. The van der Waals surface area contributed by atoms with Crippen LogP contribution in [0.5, 0.6) is 0 Å². The first kappa shape index (κ1) is 15.0. The third kappa shape index (κ3) is 3.38. The highest BCUT2D eigenvalue weighted by Gasteiger charge is 2.13. The van der Waals surface area contributed by atoms with Gasteiger partial charge in [-0.1, -0.05) is 35.9 Å². The Hall–Kier alpha value is -1.38. The lowest BCUT2D eigenvalue weighted by Crippen LogP contribution is -2.19. The van der Waals surface area contributed by atoms with Crippen LogP contribution >= 0.6 is 11.6 Å². The van der Waals surface area contributed by atoms with E-state index in [4.69, 9.17) is 11.6 Å². The van der Waals surface area contributed by atoms with Gasteiger partial charge in [-0.2, -0.15) is 0 Å². The number of nitrogens with one attached hydrogen (secondary N) is 1. The first-order valence-electron chi connectivity index (χ1n) is 6.69. The van der Waals surface area contributed by atoms with Gasteiger partial charge < -0.3 is 5.32 Å². The molecular weight excluding hydrogens is 273 g/mol. The molecule has 0 saturated carbocycles. The van der Waals surface area contributed by atoms with Gasteiger partial charge in [-0.05, 0) is 61.7 Å². The van der Waals surface area contributed by atoms with Gasteiger partial charge in [0.2, 0.25) is 0 Å². The van der Waals surface area contributed by atoms with Gasteiger partial charge in [0.25, 0.3) is 0 Å². The number of halogens is 2. The maximum atomic E-state index is 13.4. The van der Waals surface area contributed by atoms with Crippen LogP contribution in [0.1, 0.15) is 28.3 Å². The molecule has 0 aliphatic rings. The van der Waals surface area contributed by atoms with E-state index in [0.29, 0.717) is 5.56 Å². The maximum Gasteiger partial charge on any atom is 0.126 e. The largest absolute Gasteiger partial charge is 0.313 e. The minimum atomic E-state index is -0.169. The van der Waals surface area contributed by atoms with Crippen LogP contribution in [0.15, 0.2) is 36.4 Å². The molecule has 2 aromatic carbocycles. The minimum Gasteiger partial charge on any atom is -0.313 e. The summed E-state index contributed by atoms with van der Waals surface area (Å²) in [5.41, 5.74) is 3.98. The van der Waals surface area contributed by atoms with Crippen molar-refractivity contribution in [2.24, 2.45) is 0 Å². The number of likely N-dealkylation sites (N-methyl/N-ethyl adjacent to an activating group) is 1. The van der Waals surface area contributed by atoms with E-state index in [2.05, 4.69) is 17.4 Å². The quantitative estimate of drug-likeness (QED) is 0.868. The smallest absolute Gasteiger partial charge is 0.126 e. The predicted octanol–water partition coefficient (Wildman–Crippen LogP) is 4.60. The summed E-state index contributed by atoms with van der Waals surface area (Å²) >= 11 is 6.29. The van der Waals surface area contributed by atoms with Crippen molar-refractivity contribution in [2.75, 3.05) is 7.05 Å². The second-order valence-corrected chi connectivity index (χ2v) is 5.56. The van der Waals surface area contributed by atoms with Gasteiger partial charge in [0.1, 0.15) is 5.82 Å². The van der Waals surface area contributed by atoms with Crippen LogP contribution in [0.4, 0.5) is 4.39 Å². The van der Waals surface area contributed by atoms with E-state index in [0.717, 1.165) is 28.1 Å². The fourth-order valence-electron chi connectivity index (χ4n) is 2.31. The molecule has 0 amide bonds. The zero-order chi connectivity index (χ0) is 14.7. The molecule has 0 radical (unpaired) electrons. The molecule has 1 unspecified atom stereocenters. The lowest BCUT2D eigenvalue weighted by Gasteiger charge is -2.18. The standard InChI is InChI=1S/C17H19ClFN/c1-11-4-5-13(15(18)8-11)10-17(20-3)14-6-7-16(19)12(2)9-14/h4-9,17,20H,10H2,1-3H3. The highest BCUT2D eigenvalue weighted by molar-refractivity contribution is 6.31. The van der Waals surface area contributed by atoms with E-state index >= 15 is 0 Å². The minimum absolute atomic E-state index is 0.120. The molecule has 1 atom stereocenters. The second kappa shape index (κ2) is 6.38. The summed E-state index contributed by atoms with van der Waals surface area (Å²) in [6.45, 7) is 3.80. The maximum absolute atomic E-state index is 13.4. The summed E-state index contributed by atoms with van der Waals surface area (Å²) in [4.78, 5) is 0. The molecule has 0 fully saturated rings. The Morgan fingerprint density at radius 3 is 2.50 bits per heavy atom. The van der Waals surface area contributed by atoms with E-state index < -0.39 is 0 Å². The van der Waals surface area contributed by atoms with Crippen LogP contribution in [0.25, 0.3) is 0 Å². The molecule has 0 heterocycles. The van der Waals surface area contributed by atoms with Gasteiger partial charge in [-0.25, -0.2) is 4.39 Å². The fourth-order valence-corrected chi connectivity index (χ4v) is 2.62. The van der Waals surface area contributed by atoms with Gasteiger partial charge in [0.15, 0.2) is 0 Å². The number of benzene rings is 2. The Morgan fingerprint density at radius 2 is 1.90 bits per heavy atom. The molecule has 0 bridgehead atoms. The van der Waals surface area contributed by atoms with Crippen molar-refractivity contribution < 1.29 is 4.39 Å². The van der Waals surface area contributed by atoms with Crippen molar-refractivity contribution in [3.8, 4) is 0 Å². The first-order valence-corrected chi connectivity index (χ1v) is 7.07. The molecule has 0 spiro atoms. The lowest BCUT2D eigenvalue weighted by atomic mass is 9.97. The van der Waals surface area contributed by atoms with Crippen LogP contribution in [0, 0.1) is 19.7 Å². The average Bonchev–Trinajstić information content (AvgIpc) is 2.41. The molecule has 0 aliphatic carbocycles. The van der Waals surface area contributed by atoms with Gasteiger partial charge in [0.05, 0.1) is 0 Å². The predicted molar refractivity (Wildman–Crippen MR) is 82.8 cm³/mol. The first-order chi connectivity index (χ1) is 9.51. The van der Waals surface area contributed by atoms with E-state index in [1.807, 2.05) is 32.2 Å². The lowest BCUT2D eigenvalue weighted by molar-refractivity contribution is 0.583. The van der Waals surface area contributed by atoms with Crippen LogP contribution < -0.4 is 5.32 Å². The number of hydrogen-bond donors (Lipinski definition) is 1. The summed E-state index contributed by atoms with van der Waals surface area (Å²) in [6.07, 6.45) is 0.778. The molecule has 2 rings (SSSR count). The topological polar surface area (TPSA) is 12.0 Å². The van der Waals surface area contributed by atoms with Crippen molar-refractivity contribution >= 4 is 11.6 Å². The van der Waals surface area contributed by atoms with Crippen molar-refractivity contribution in [1.82, 2.24) is 5.32 Å². The highest BCUT2D eigenvalue weighted by atomic mass is 35.5. The van der Waals surface area contributed by atoms with E-state index in [9.17, 15) is 4.39 Å². The van der Waals surface area contributed by atoms with Crippen LogP contribution in [0.2, 0.25) is 5.02 Å². The van der Waals surface area contributed by atoms with E-state index in [1.54, 1.807) is 6.92 Å². The Morgan fingerprint density at radius 1 is 1.15 bits per heavy atom. The molecule has 3 heteroatoms. The molecule has 1 nitrogen and oxygen atoms in total. The SMILES string of the molecule is CNC(Cc1ccc(C)cc1Cl)c1ccc(F)c(C)c1. The molecule has 0 saturated heterocycles. The Balaban J connectivity index is 2.26. The van der Waals surface area contributed by atoms with Crippen molar-refractivity contribution in [1.29, 1.82) is 0 Å². The Bertz CT molecular complexity index is 610. The van der Waals surface area contributed by atoms with E-state index in [-0.39, 0.29) is 11.9 Å². The Labute approximate surface area is 124 Å². The Kier molecular flexibility index (Phi) is 4.79. The van der Waals surface area contributed by atoms with Gasteiger partial charge in [-0.3, -0.25) is 0 Å². The summed E-state index contributed by atoms with van der Waals surface area (Å²) in [7, 11) is 1.91. The van der Waals surface area contributed by atoms with Crippen LogP contribution in [0.3, 0.4) is 0 Å². The summed E-state index contributed by atoms with van der Waals surface area (Å²) < 4.78 is 13.4. The molecule has 20 heavy (non-hydrogen) atoms. The average molecular weight is 292 g/mol. The van der Waals surface area contributed by atoms with Crippen molar-refractivity contribution in [2.45, 2.75) is 26.3 Å². The molecule has 0 aliphatic heterocycles. The van der Waals surface area contributed by atoms with Crippen molar-refractivity contribution in [3.05, 3.63) is 69.5 Å². The van der Waals surface area contributed by atoms with Gasteiger partial charge >= 0.3 is 0 Å². The number of aryl methyl sites for hydroxylation is 2. The second-order valence-electron chi connectivity index (χ2n) is 5.15. The normalized spacial score (nSPS) is 12.4. The van der Waals surface area contributed by atoms with Gasteiger partial charge in [0, 0.05) is 11.1 Å². The number of rotatable bonds is 4. The van der Waals surface area contributed by atoms with E-state index in [1.165, 1.54) is 6.07 Å². The summed E-state index contributed by atoms with van der Waals surface area (Å²) in [6, 6.07) is 11.4. The molecule has 0 aromatic heterocycles. The fraction of sp³-hybridized carbons (Fsp3) is 0.294. The molecule has 1 N–H and O–H groups in total. The van der Waals surface area contributed by atoms with Gasteiger partial charge in [-0.15, -0.1) is 0 Å². The highest BCUT2D eigenvalue weighted by Crippen LogP contribution is 2.25. The third-order valence-corrected chi connectivity index (χ3v) is 3.92. The van der Waals surface area contributed by atoms with Crippen LogP contribution in [-0.4, -0.2) is 7.05 Å².